The van der Waals surface area contributed by atoms with Gasteiger partial charge in [-0.05, 0) is 43.5 Å². The number of fused-ring (bicyclic) bond motifs is 1. The lowest BCUT2D eigenvalue weighted by Crippen LogP contribution is -2.30. The van der Waals surface area contributed by atoms with Gasteiger partial charge in [0.1, 0.15) is 5.75 Å². The zero-order chi connectivity index (χ0) is 17.3. The Balaban J connectivity index is 1.77. The summed E-state index contributed by atoms with van der Waals surface area (Å²) in [6.07, 6.45) is 0.606. The summed E-state index contributed by atoms with van der Waals surface area (Å²) in [5.74, 6) is 0.834. The molecule has 2 aromatic rings. The van der Waals surface area contributed by atoms with Crippen LogP contribution in [0.2, 0.25) is 0 Å². The molecule has 6 nitrogen and oxygen atoms in total. The van der Waals surface area contributed by atoms with Crippen molar-refractivity contribution in [1.29, 1.82) is 0 Å². The van der Waals surface area contributed by atoms with Crippen LogP contribution in [0.4, 0.5) is 0 Å². The fraction of sp³-hybridized carbons (Fsp3) is 0.412. The molecule has 7 heteroatoms. The zero-order valence-electron chi connectivity index (χ0n) is 13.7. The van der Waals surface area contributed by atoms with Crippen LogP contribution in [-0.4, -0.2) is 44.5 Å². The quantitative estimate of drug-likeness (QED) is 0.909. The SMILES string of the molecule is COc1ccc2nc(C)c(C(=O)NC[C@@H]3CCS(=O)(=O)C3)cc2c1. The number of nitrogens with one attached hydrogen (secondary N) is 1. The molecule has 2 heterocycles. The Morgan fingerprint density at radius 3 is 2.83 bits per heavy atom. The Hall–Kier alpha value is -2.15. The fourth-order valence-electron chi connectivity index (χ4n) is 2.97. The highest BCUT2D eigenvalue weighted by molar-refractivity contribution is 7.91. The molecule has 0 spiro atoms. The van der Waals surface area contributed by atoms with Gasteiger partial charge in [0, 0.05) is 11.9 Å². The molecule has 0 radical (unpaired) electrons. The highest BCUT2D eigenvalue weighted by Gasteiger charge is 2.28. The van der Waals surface area contributed by atoms with E-state index in [4.69, 9.17) is 4.74 Å². The molecule has 0 aliphatic carbocycles. The van der Waals surface area contributed by atoms with E-state index in [9.17, 15) is 13.2 Å². The fourth-order valence-corrected chi connectivity index (χ4v) is 4.83. The Labute approximate surface area is 141 Å². The monoisotopic (exact) mass is 348 g/mol. The molecular weight excluding hydrogens is 328 g/mol. The number of nitrogens with zero attached hydrogens (tertiary/aromatic N) is 1. The van der Waals surface area contributed by atoms with Crippen LogP contribution in [0.15, 0.2) is 24.3 Å². The largest absolute Gasteiger partial charge is 0.497 e. The van der Waals surface area contributed by atoms with E-state index < -0.39 is 9.84 Å². The molecular formula is C17H20N2O4S. The van der Waals surface area contributed by atoms with Gasteiger partial charge in [0.25, 0.3) is 5.91 Å². The normalized spacial score (nSPS) is 19.3. The van der Waals surface area contributed by atoms with Gasteiger partial charge in [0.2, 0.25) is 0 Å². The molecule has 128 valence electrons. The van der Waals surface area contributed by atoms with Crippen molar-refractivity contribution in [3.63, 3.8) is 0 Å². The van der Waals surface area contributed by atoms with Gasteiger partial charge in [-0.3, -0.25) is 9.78 Å². The van der Waals surface area contributed by atoms with Crippen LogP contribution >= 0.6 is 0 Å². The van der Waals surface area contributed by atoms with Gasteiger partial charge in [-0.25, -0.2) is 8.42 Å². The van der Waals surface area contributed by atoms with Crippen molar-refractivity contribution in [2.45, 2.75) is 13.3 Å². The van der Waals surface area contributed by atoms with E-state index in [0.29, 0.717) is 30.0 Å². The first kappa shape index (κ1) is 16.7. The minimum absolute atomic E-state index is 0.00670. The first-order chi connectivity index (χ1) is 11.4. The Kier molecular flexibility index (Phi) is 4.45. The van der Waals surface area contributed by atoms with E-state index >= 15 is 0 Å². The number of pyridine rings is 1. The van der Waals surface area contributed by atoms with Gasteiger partial charge < -0.3 is 10.1 Å². The zero-order valence-corrected chi connectivity index (χ0v) is 14.5. The summed E-state index contributed by atoms with van der Waals surface area (Å²) in [5, 5.41) is 3.67. The molecule has 24 heavy (non-hydrogen) atoms. The average Bonchev–Trinajstić information content (AvgIpc) is 2.90. The summed E-state index contributed by atoms with van der Waals surface area (Å²) in [7, 11) is -1.34. The van der Waals surface area contributed by atoms with Gasteiger partial charge in [-0.2, -0.15) is 0 Å². The van der Waals surface area contributed by atoms with E-state index in [1.165, 1.54) is 0 Å². The van der Waals surface area contributed by atoms with Crippen LogP contribution in [0.1, 0.15) is 22.5 Å². The van der Waals surface area contributed by atoms with Crippen molar-refractivity contribution in [2.24, 2.45) is 5.92 Å². The van der Waals surface area contributed by atoms with Gasteiger partial charge in [0.05, 0.1) is 35.4 Å². The van der Waals surface area contributed by atoms with Crippen molar-refractivity contribution in [3.05, 3.63) is 35.5 Å². The number of benzene rings is 1. The molecule has 1 saturated heterocycles. The first-order valence-electron chi connectivity index (χ1n) is 7.82. The van der Waals surface area contributed by atoms with Crippen molar-refractivity contribution < 1.29 is 17.9 Å². The lowest BCUT2D eigenvalue weighted by molar-refractivity contribution is 0.0947. The van der Waals surface area contributed by atoms with E-state index in [-0.39, 0.29) is 23.3 Å². The maximum absolute atomic E-state index is 12.4. The minimum Gasteiger partial charge on any atom is -0.497 e. The number of methoxy groups -OCH3 is 1. The van der Waals surface area contributed by atoms with Crippen LogP contribution in [0.3, 0.4) is 0 Å². The molecule has 1 aromatic heterocycles. The maximum Gasteiger partial charge on any atom is 0.253 e. The molecule has 1 aromatic carbocycles. The number of rotatable bonds is 4. The predicted molar refractivity (Wildman–Crippen MR) is 92.1 cm³/mol. The Morgan fingerprint density at radius 1 is 1.38 bits per heavy atom. The van der Waals surface area contributed by atoms with Crippen LogP contribution in [0.5, 0.6) is 5.75 Å². The molecule has 1 N–H and O–H groups in total. The lowest BCUT2D eigenvalue weighted by Gasteiger charge is -2.12. The standard InChI is InChI=1S/C17H20N2O4S/c1-11-15(8-13-7-14(23-2)3-4-16(13)19-11)17(20)18-9-12-5-6-24(21,22)10-12/h3-4,7-8,12H,5-6,9-10H2,1-2H3,(H,18,20)/t12-/m0/s1. The third kappa shape index (κ3) is 3.51. The molecule has 1 amide bonds. The number of carbonyl (C=O) groups is 1. The summed E-state index contributed by atoms with van der Waals surface area (Å²) >= 11 is 0. The number of carbonyl (C=O) groups excluding carboxylic acids is 1. The molecule has 0 bridgehead atoms. The topological polar surface area (TPSA) is 85.4 Å². The molecule has 1 aliphatic rings. The van der Waals surface area contributed by atoms with E-state index in [1.807, 2.05) is 18.2 Å². The molecule has 0 unspecified atom stereocenters. The number of amides is 1. The number of aromatic nitrogens is 1. The predicted octanol–water partition coefficient (Wildman–Crippen LogP) is 1.72. The third-order valence-electron chi connectivity index (χ3n) is 4.34. The van der Waals surface area contributed by atoms with Crippen LogP contribution in [0, 0.1) is 12.8 Å². The summed E-state index contributed by atoms with van der Waals surface area (Å²) in [4.78, 5) is 16.9. The molecule has 0 saturated carbocycles. The third-order valence-corrected chi connectivity index (χ3v) is 6.17. The molecule has 1 fully saturated rings. The number of ether oxygens (including phenoxy) is 1. The number of hydrogen-bond donors (Lipinski definition) is 1. The highest BCUT2D eigenvalue weighted by atomic mass is 32.2. The molecule has 1 atom stereocenters. The smallest absolute Gasteiger partial charge is 0.253 e. The maximum atomic E-state index is 12.4. The van der Waals surface area contributed by atoms with Gasteiger partial charge in [-0.1, -0.05) is 0 Å². The van der Waals surface area contributed by atoms with Crippen LogP contribution in [0.25, 0.3) is 10.9 Å². The van der Waals surface area contributed by atoms with Gasteiger partial charge in [0.15, 0.2) is 9.84 Å². The van der Waals surface area contributed by atoms with E-state index in [1.54, 1.807) is 20.1 Å². The first-order valence-corrected chi connectivity index (χ1v) is 9.64. The number of aryl methyl sites for hydroxylation is 1. The summed E-state index contributed by atoms with van der Waals surface area (Å²) in [5.41, 5.74) is 1.94. The Morgan fingerprint density at radius 2 is 2.17 bits per heavy atom. The second-order valence-corrected chi connectivity index (χ2v) is 8.39. The molecule has 3 rings (SSSR count). The number of hydrogen-bond acceptors (Lipinski definition) is 5. The van der Waals surface area contributed by atoms with Crippen molar-refractivity contribution in [2.75, 3.05) is 25.2 Å². The second-order valence-electron chi connectivity index (χ2n) is 6.16. The lowest BCUT2D eigenvalue weighted by atomic mass is 10.1. The van der Waals surface area contributed by atoms with Crippen molar-refractivity contribution in [1.82, 2.24) is 10.3 Å². The van der Waals surface area contributed by atoms with Crippen molar-refractivity contribution in [3.8, 4) is 5.75 Å². The number of sulfone groups is 1. The summed E-state index contributed by atoms with van der Waals surface area (Å²) in [6, 6.07) is 7.31. The van der Waals surface area contributed by atoms with Gasteiger partial charge >= 0.3 is 0 Å². The minimum atomic E-state index is -2.93. The van der Waals surface area contributed by atoms with Gasteiger partial charge in [-0.15, -0.1) is 0 Å². The summed E-state index contributed by atoms with van der Waals surface area (Å²) in [6.45, 7) is 2.16. The Bertz CT molecular complexity index is 893. The van der Waals surface area contributed by atoms with E-state index in [0.717, 1.165) is 10.9 Å². The highest BCUT2D eigenvalue weighted by Crippen LogP contribution is 2.22. The molecule has 1 aliphatic heterocycles. The average molecular weight is 348 g/mol. The van der Waals surface area contributed by atoms with E-state index in [2.05, 4.69) is 10.3 Å². The second kappa shape index (κ2) is 6.39. The van der Waals surface area contributed by atoms with Crippen LogP contribution in [-0.2, 0) is 9.84 Å². The van der Waals surface area contributed by atoms with Crippen molar-refractivity contribution >= 4 is 26.6 Å². The van der Waals surface area contributed by atoms with Crippen LogP contribution < -0.4 is 10.1 Å². The summed E-state index contributed by atoms with van der Waals surface area (Å²) < 4.78 is 28.2.